The number of hydrogen-bond donors (Lipinski definition) is 0. The zero-order valence-corrected chi connectivity index (χ0v) is 15.7. The normalized spacial score (nSPS) is 12.1. The summed E-state index contributed by atoms with van der Waals surface area (Å²) in [5.41, 5.74) is 5.81. The molecule has 3 nitrogen and oxygen atoms in total. The summed E-state index contributed by atoms with van der Waals surface area (Å²) in [4.78, 5) is 0. The molecule has 0 heterocycles. The minimum Gasteiger partial charge on any atom is -0.417 e. The van der Waals surface area contributed by atoms with Crippen molar-refractivity contribution in [1.29, 1.82) is 0 Å². The fraction of sp³-hybridized carbons (Fsp3) is 0.368. The largest absolute Gasteiger partial charge is 0.462 e. The molecule has 23 heavy (non-hydrogen) atoms. The monoisotopic (exact) mass is 332 g/mol. The SMILES string of the molecule is CCc1cc(C)cc(C)c1OP(OC)Oc1ccc(C)cc1C. The first-order valence-corrected chi connectivity index (χ1v) is 8.91. The third-order valence-corrected chi connectivity index (χ3v) is 4.67. The molecule has 0 aliphatic rings. The predicted molar refractivity (Wildman–Crippen MR) is 96.4 cm³/mol. The Balaban J connectivity index is 2.23. The lowest BCUT2D eigenvalue weighted by atomic mass is 10.0. The van der Waals surface area contributed by atoms with Crippen molar-refractivity contribution in [3.8, 4) is 11.5 Å². The molecule has 0 radical (unpaired) electrons. The minimum absolute atomic E-state index is 0.798. The summed E-state index contributed by atoms with van der Waals surface area (Å²) in [5, 5.41) is 0. The van der Waals surface area contributed by atoms with E-state index in [1.165, 1.54) is 16.7 Å². The molecule has 1 unspecified atom stereocenters. The molecule has 0 amide bonds. The maximum atomic E-state index is 6.08. The van der Waals surface area contributed by atoms with Crippen molar-refractivity contribution in [2.24, 2.45) is 0 Å². The number of hydrogen-bond acceptors (Lipinski definition) is 3. The summed E-state index contributed by atoms with van der Waals surface area (Å²) in [6.07, 6.45) is 0.911. The van der Waals surface area contributed by atoms with Crippen LogP contribution in [0, 0.1) is 27.7 Å². The molecule has 0 saturated carbocycles. The third-order valence-electron chi connectivity index (χ3n) is 3.70. The van der Waals surface area contributed by atoms with E-state index in [0.717, 1.165) is 29.0 Å². The molecule has 124 valence electrons. The van der Waals surface area contributed by atoms with Gasteiger partial charge in [-0.25, -0.2) is 0 Å². The first kappa shape index (κ1) is 17.8. The molecule has 0 spiro atoms. The van der Waals surface area contributed by atoms with Crippen LogP contribution in [-0.4, -0.2) is 7.11 Å². The Morgan fingerprint density at radius 3 is 2.17 bits per heavy atom. The van der Waals surface area contributed by atoms with Crippen molar-refractivity contribution in [2.75, 3.05) is 7.11 Å². The summed E-state index contributed by atoms with van der Waals surface area (Å²) in [7, 11) is 0.131. The Bertz CT molecular complexity index is 683. The molecule has 0 bridgehead atoms. The summed E-state index contributed by atoms with van der Waals surface area (Å²) >= 11 is 0. The van der Waals surface area contributed by atoms with Gasteiger partial charge in [0.1, 0.15) is 11.5 Å². The smallest absolute Gasteiger partial charge is 0.417 e. The van der Waals surface area contributed by atoms with E-state index < -0.39 is 8.60 Å². The van der Waals surface area contributed by atoms with Gasteiger partial charge in [0, 0.05) is 7.11 Å². The van der Waals surface area contributed by atoms with Crippen LogP contribution in [0.1, 0.15) is 34.7 Å². The van der Waals surface area contributed by atoms with Crippen molar-refractivity contribution < 1.29 is 13.6 Å². The highest BCUT2D eigenvalue weighted by Crippen LogP contribution is 2.44. The third kappa shape index (κ3) is 4.46. The molecule has 1 atom stereocenters. The van der Waals surface area contributed by atoms with Gasteiger partial charge in [0.2, 0.25) is 0 Å². The van der Waals surface area contributed by atoms with Crippen LogP contribution in [0.25, 0.3) is 0 Å². The van der Waals surface area contributed by atoms with E-state index in [9.17, 15) is 0 Å². The van der Waals surface area contributed by atoms with Gasteiger partial charge in [0.15, 0.2) is 0 Å². The van der Waals surface area contributed by atoms with Crippen molar-refractivity contribution in [3.05, 3.63) is 58.1 Å². The number of rotatable bonds is 6. The van der Waals surface area contributed by atoms with Gasteiger partial charge in [-0.15, -0.1) is 0 Å². The zero-order chi connectivity index (χ0) is 17.0. The van der Waals surface area contributed by atoms with Crippen LogP contribution in [0.15, 0.2) is 30.3 Å². The van der Waals surface area contributed by atoms with Crippen molar-refractivity contribution in [2.45, 2.75) is 41.0 Å². The molecular formula is C19H25O3P. The van der Waals surface area contributed by atoms with Gasteiger partial charge in [0.05, 0.1) is 0 Å². The maximum Gasteiger partial charge on any atom is 0.462 e. The van der Waals surface area contributed by atoms with E-state index in [2.05, 4.69) is 45.9 Å². The highest BCUT2D eigenvalue weighted by molar-refractivity contribution is 7.42. The molecule has 0 saturated heterocycles. The van der Waals surface area contributed by atoms with Crippen molar-refractivity contribution in [3.63, 3.8) is 0 Å². The predicted octanol–water partition coefficient (Wildman–Crippen LogP) is 5.81. The Morgan fingerprint density at radius 2 is 1.57 bits per heavy atom. The van der Waals surface area contributed by atoms with Gasteiger partial charge in [-0.1, -0.05) is 42.3 Å². The van der Waals surface area contributed by atoms with Crippen LogP contribution in [-0.2, 0) is 10.9 Å². The van der Waals surface area contributed by atoms with E-state index in [-0.39, 0.29) is 0 Å². The molecule has 0 N–H and O–H groups in total. The van der Waals surface area contributed by atoms with Gasteiger partial charge in [0.25, 0.3) is 0 Å². The molecular weight excluding hydrogens is 307 g/mol. The summed E-state index contributed by atoms with van der Waals surface area (Å²) in [6, 6.07) is 10.4. The molecule has 2 aromatic rings. The van der Waals surface area contributed by atoms with Crippen molar-refractivity contribution in [1.82, 2.24) is 0 Å². The van der Waals surface area contributed by atoms with Gasteiger partial charge in [-0.2, -0.15) is 0 Å². The standard InChI is InChI=1S/C19H25O3P/c1-7-17-12-14(3)11-16(5)19(17)22-23(20-6)21-18-9-8-13(2)10-15(18)4/h8-12H,7H2,1-6H3. The Hall–Kier alpha value is -1.57. The number of benzene rings is 2. The highest BCUT2D eigenvalue weighted by Gasteiger charge is 2.19. The van der Waals surface area contributed by atoms with E-state index in [4.69, 9.17) is 13.6 Å². The second kappa shape index (κ2) is 7.81. The molecule has 0 aliphatic heterocycles. The Morgan fingerprint density at radius 1 is 0.870 bits per heavy atom. The van der Waals surface area contributed by atoms with Crippen LogP contribution in [0.4, 0.5) is 0 Å². The molecule has 0 aliphatic carbocycles. The first-order valence-electron chi connectivity index (χ1n) is 7.82. The van der Waals surface area contributed by atoms with Gasteiger partial charge in [-0.05, 0) is 56.9 Å². The molecule has 4 heteroatoms. The Kier molecular flexibility index (Phi) is 6.04. The minimum atomic E-state index is -1.48. The fourth-order valence-electron chi connectivity index (χ4n) is 2.59. The second-order valence-electron chi connectivity index (χ2n) is 5.78. The lowest BCUT2D eigenvalue weighted by molar-refractivity contribution is 0.321. The van der Waals surface area contributed by atoms with E-state index in [0.29, 0.717) is 0 Å². The van der Waals surface area contributed by atoms with Crippen LogP contribution in [0.5, 0.6) is 11.5 Å². The van der Waals surface area contributed by atoms with E-state index in [1.807, 2.05) is 19.1 Å². The maximum absolute atomic E-state index is 6.08. The fourth-order valence-corrected chi connectivity index (χ4v) is 3.55. The summed E-state index contributed by atoms with van der Waals surface area (Å²) in [6.45, 7) is 10.4. The van der Waals surface area contributed by atoms with E-state index >= 15 is 0 Å². The van der Waals surface area contributed by atoms with Crippen LogP contribution >= 0.6 is 8.60 Å². The molecule has 0 fully saturated rings. The Labute approximate surface area is 140 Å². The summed E-state index contributed by atoms with van der Waals surface area (Å²) in [5.74, 6) is 1.67. The van der Waals surface area contributed by atoms with Gasteiger partial charge in [-0.3, -0.25) is 4.52 Å². The van der Waals surface area contributed by atoms with Gasteiger partial charge < -0.3 is 9.05 Å². The molecule has 2 aromatic carbocycles. The average molecular weight is 332 g/mol. The topological polar surface area (TPSA) is 27.7 Å². The van der Waals surface area contributed by atoms with Gasteiger partial charge >= 0.3 is 8.60 Å². The lowest BCUT2D eigenvalue weighted by Crippen LogP contribution is -2.02. The lowest BCUT2D eigenvalue weighted by Gasteiger charge is -2.20. The summed E-state index contributed by atoms with van der Waals surface area (Å²) < 4.78 is 17.5. The second-order valence-corrected chi connectivity index (χ2v) is 6.96. The number of aryl methyl sites for hydroxylation is 5. The van der Waals surface area contributed by atoms with Crippen molar-refractivity contribution >= 4 is 8.60 Å². The van der Waals surface area contributed by atoms with Crippen LogP contribution in [0.2, 0.25) is 0 Å². The van der Waals surface area contributed by atoms with E-state index in [1.54, 1.807) is 7.11 Å². The highest BCUT2D eigenvalue weighted by atomic mass is 31.2. The zero-order valence-electron chi connectivity index (χ0n) is 14.8. The first-order chi connectivity index (χ1) is 10.9. The van der Waals surface area contributed by atoms with Crippen LogP contribution in [0.3, 0.4) is 0 Å². The average Bonchev–Trinajstić information content (AvgIpc) is 2.50. The molecule has 0 aromatic heterocycles. The quantitative estimate of drug-likeness (QED) is 0.624. The van der Waals surface area contributed by atoms with Crippen LogP contribution < -0.4 is 9.05 Å². The molecule has 2 rings (SSSR count).